The summed E-state index contributed by atoms with van der Waals surface area (Å²) in [6, 6.07) is 1.97. The van der Waals surface area contributed by atoms with E-state index >= 15 is 0 Å². The maximum atomic E-state index is 4.33. The highest BCUT2D eigenvalue weighted by Crippen LogP contribution is 2.42. The Morgan fingerprint density at radius 1 is 1.47 bits per heavy atom. The highest BCUT2D eigenvalue weighted by molar-refractivity contribution is 5.41. The number of nitrogens with zero attached hydrogens (tertiary/aromatic N) is 4. The number of hydrogen-bond acceptors (Lipinski definition) is 4. The molecule has 3 rings (SSSR count). The molecule has 0 spiro atoms. The van der Waals surface area contributed by atoms with Crippen LogP contribution in [0.25, 0.3) is 0 Å². The van der Waals surface area contributed by atoms with Crippen LogP contribution >= 0.6 is 0 Å². The van der Waals surface area contributed by atoms with Gasteiger partial charge in [-0.2, -0.15) is 5.10 Å². The molecule has 0 saturated heterocycles. The summed E-state index contributed by atoms with van der Waals surface area (Å²) in [5.74, 6) is 0.915. The molecule has 1 saturated carbocycles. The third-order valence-corrected chi connectivity index (χ3v) is 3.30. The minimum atomic E-state index is 0.154. The van der Waals surface area contributed by atoms with Crippen molar-refractivity contribution in [1.29, 1.82) is 0 Å². The molecule has 2 aromatic rings. The zero-order chi connectivity index (χ0) is 11.7. The Morgan fingerprint density at radius 3 is 3.00 bits per heavy atom. The van der Waals surface area contributed by atoms with Crippen molar-refractivity contribution in [2.45, 2.75) is 25.3 Å². The predicted octanol–water partition coefficient (Wildman–Crippen LogP) is 1.58. The van der Waals surface area contributed by atoms with E-state index in [-0.39, 0.29) is 5.54 Å². The topological polar surface area (TPSA) is 55.6 Å². The molecule has 0 bridgehead atoms. The first-order valence-electron chi connectivity index (χ1n) is 5.81. The van der Waals surface area contributed by atoms with Gasteiger partial charge in [-0.25, -0.2) is 9.97 Å². The van der Waals surface area contributed by atoms with E-state index in [2.05, 4.69) is 25.1 Å². The van der Waals surface area contributed by atoms with E-state index in [1.54, 1.807) is 6.33 Å². The molecular formula is C12H15N5. The van der Waals surface area contributed by atoms with Gasteiger partial charge in [0.2, 0.25) is 0 Å². The molecule has 1 fully saturated rings. The summed E-state index contributed by atoms with van der Waals surface area (Å²) >= 11 is 0. The van der Waals surface area contributed by atoms with Crippen LogP contribution in [0.4, 0.5) is 5.82 Å². The minimum absolute atomic E-state index is 0.154. The lowest BCUT2D eigenvalue weighted by molar-refractivity contribution is 0.452. The lowest BCUT2D eigenvalue weighted by Gasteiger charge is -2.17. The predicted molar refractivity (Wildman–Crippen MR) is 64.7 cm³/mol. The van der Waals surface area contributed by atoms with Crippen molar-refractivity contribution in [3.05, 3.63) is 36.5 Å². The summed E-state index contributed by atoms with van der Waals surface area (Å²) in [4.78, 5) is 8.22. The number of aromatic nitrogens is 4. The van der Waals surface area contributed by atoms with Crippen LogP contribution < -0.4 is 5.32 Å². The van der Waals surface area contributed by atoms with Gasteiger partial charge in [-0.1, -0.05) is 0 Å². The van der Waals surface area contributed by atoms with Crippen molar-refractivity contribution in [3.63, 3.8) is 0 Å². The van der Waals surface area contributed by atoms with Crippen molar-refractivity contribution in [2.75, 3.05) is 11.9 Å². The molecule has 1 N–H and O–H groups in total. The van der Waals surface area contributed by atoms with E-state index in [1.165, 1.54) is 12.8 Å². The van der Waals surface area contributed by atoms with Crippen LogP contribution in [-0.4, -0.2) is 26.3 Å². The Morgan fingerprint density at radius 2 is 2.35 bits per heavy atom. The average molecular weight is 229 g/mol. The fourth-order valence-electron chi connectivity index (χ4n) is 2.01. The van der Waals surface area contributed by atoms with Gasteiger partial charge in [-0.3, -0.25) is 4.68 Å². The van der Waals surface area contributed by atoms with Crippen LogP contribution in [0.15, 0.2) is 31.0 Å². The Kier molecular flexibility index (Phi) is 2.31. The number of hydrogen-bond donors (Lipinski definition) is 1. The highest BCUT2D eigenvalue weighted by atomic mass is 15.3. The van der Waals surface area contributed by atoms with Crippen molar-refractivity contribution < 1.29 is 0 Å². The van der Waals surface area contributed by atoms with E-state index in [0.29, 0.717) is 0 Å². The smallest absolute Gasteiger partial charge is 0.132 e. The van der Waals surface area contributed by atoms with E-state index in [1.807, 2.05) is 31.6 Å². The average Bonchev–Trinajstić information content (AvgIpc) is 2.92. The molecule has 5 nitrogen and oxygen atoms in total. The van der Waals surface area contributed by atoms with Crippen LogP contribution in [0.1, 0.15) is 18.4 Å². The Bertz CT molecular complexity index is 501. The fourth-order valence-corrected chi connectivity index (χ4v) is 2.01. The largest absolute Gasteiger partial charge is 0.367 e. The van der Waals surface area contributed by atoms with Gasteiger partial charge in [-0.15, -0.1) is 0 Å². The third kappa shape index (κ3) is 1.88. The number of aryl methyl sites for hydroxylation is 1. The van der Waals surface area contributed by atoms with E-state index in [0.717, 1.165) is 17.9 Å². The quantitative estimate of drug-likeness (QED) is 0.864. The second-order valence-corrected chi connectivity index (χ2v) is 4.58. The molecule has 88 valence electrons. The second kappa shape index (κ2) is 3.84. The lowest BCUT2D eigenvalue weighted by atomic mass is 10.2. The fraction of sp³-hybridized carbons (Fsp3) is 0.417. The summed E-state index contributed by atoms with van der Waals surface area (Å²) in [5.41, 5.74) is 1.23. The van der Waals surface area contributed by atoms with Crippen LogP contribution in [-0.2, 0) is 5.54 Å². The summed E-state index contributed by atoms with van der Waals surface area (Å²) in [7, 11) is 0. The Hall–Kier alpha value is -1.91. The summed E-state index contributed by atoms with van der Waals surface area (Å²) in [5, 5.41) is 7.72. The van der Waals surface area contributed by atoms with Crippen LogP contribution in [0.3, 0.4) is 0 Å². The zero-order valence-corrected chi connectivity index (χ0v) is 9.80. The lowest BCUT2D eigenvalue weighted by Crippen LogP contribution is -2.27. The highest BCUT2D eigenvalue weighted by Gasteiger charge is 2.45. The first-order chi connectivity index (χ1) is 8.30. The number of nitrogens with one attached hydrogen (secondary N) is 1. The molecule has 17 heavy (non-hydrogen) atoms. The SMILES string of the molecule is Cc1cncnc1NCC1(n2cccn2)CC1. The molecule has 0 aromatic carbocycles. The molecule has 0 atom stereocenters. The van der Waals surface area contributed by atoms with E-state index in [4.69, 9.17) is 0 Å². The molecule has 1 aliphatic carbocycles. The molecule has 2 aromatic heterocycles. The number of anilines is 1. The van der Waals surface area contributed by atoms with Gasteiger partial charge in [-0.05, 0) is 25.8 Å². The zero-order valence-electron chi connectivity index (χ0n) is 9.80. The molecule has 0 aliphatic heterocycles. The maximum Gasteiger partial charge on any atom is 0.132 e. The maximum absolute atomic E-state index is 4.33. The van der Waals surface area contributed by atoms with Gasteiger partial charge in [0.25, 0.3) is 0 Å². The molecule has 0 radical (unpaired) electrons. The summed E-state index contributed by atoms with van der Waals surface area (Å²) in [6.45, 7) is 2.88. The monoisotopic (exact) mass is 229 g/mol. The third-order valence-electron chi connectivity index (χ3n) is 3.30. The molecular weight excluding hydrogens is 214 g/mol. The molecule has 5 heteroatoms. The van der Waals surface area contributed by atoms with Gasteiger partial charge in [0, 0.05) is 30.7 Å². The summed E-state index contributed by atoms with van der Waals surface area (Å²) in [6.07, 6.45) is 9.60. The number of rotatable bonds is 4. The van der Waals surface area contributed by atoms with Crippen molar-refractivity contribution in [1.82, 2.24) is 19.7 Å². The molecule has 2 heterocycles. The minimum Gasteiger partial charge on any atom is -0.367 e. The van der Waals surface area contributed by atoms with Crippen LogP contribution in [0.2, 0.25) is 0 Å². The first kappa shape index (κ1) is 10.3. The van der Waals surface area contributed by atoms with Gasteiger partial charge in [0.15, 0.2) is 0 Å². The van der Waals surface area contributed by atoms with Gasteiger partial charge < -0.3 is 5.32 Å². The summed E-state index contributed by atoms with van der Waals surface area (Å²) < 4.78 is 2.05. The standard InChI is InChI=1S/C12H15N5/c1-10-7-13-9-15-11(10)14-8-12(3-4-12)17-6-2-5-16-17/h2,5-7,9H,3-4,8H2,1H3,(H,13,14,15). The Balaban J connectivity index is 1.71. The second-order valence-electron chi connectivity index (χ2n) is 4.58. The van der Waals surface area contributed by atoms with Gasteiger partial charge in [0.1, 0.15) is 12.1 Å². The van der Waals surface area contributed by atoms with Crippen LogP contribution in [0, 0.1) is 6.92 Å². The first-order valence-corrected chi connectivity index (χ1v) is 5.81. The van der Waals surface area contributed by atoms with Gasteiger partial charge >= 0.3 is 0 Å². The van der Waals surface area contributed by atoms with E-state index < -0.39 is 0 Å². The van der Waals surface area contributed by atoms with Gasteiger partial charge in [0.05, 0.1) is 5.54 Å². The normalized spacial score (nSPS) is 16.8. The van der Waals surface area contributed by atoms with Crippen LogP contribution in [0.5, 0.6) is 0 Å². The molecule has 0 unspecified atom stereocenters. The van der Waals surface area contributed by atoms with Crippen molar-refractivity contribution >= 4 is 5.82 Å². The Labute approximate surface area is 99.9 Å². The molecule has 0 amide bonds. The molecule has 1 aliphatic rings. The van der Waals surface area contributed by atoms with Crippen molar-refractivity contribution in [3.8, 4) is 0 Å². The van der Waals surface area contributed by atoms with E-state index in [9.17, 15) is 0 Å². The van der Waals surface area contributed by atoms with Crippen molar-refractivity contribution in [2.24, 2.45) is 0 Å².